The lowest BCUT2D eigenvalue weighted by Gasteiger charge is -2.17. The van der Waals surface area contributed by atoms with Gasteiger partial charge in [0.05, 0.1) is 12.0 Å². The lowest BCUT2D eigenvalue weighted by molar-refractivity contribution is -0.146. The summed E-state index contributed by atoms with van der Waals surface area (Å²) in [7, 11) is 0. The minimum atomic E-state index is -0.127. The molecule has 0 bridgehead atoms. The first-order chi connectivity index (χ1) is 8.40. The van der Waals surface area contributed by atoms with E-state index in [1.807, 2.05) is 13.8 Å². The van der Waals surface area contributed by atoms with Crippen molar-refractivity contribution in [1.82, 2.24) is 5.32 Å². The molecule has 2 heterocycles. The number of cyclic esters (lactones) is 1. The molecule has 18 heavy (non-hydrogen) atoms. The zero-order chi connectivity index (χ0) is 13.4. The van der Waals surface area contributed by atoms with Gasteiger partial charge in [-0.05, 0) is 24.7 Å². The zero-order valence-corrected chi connectivity index (χ0v) is 11.6. The van der Waals surface area contributed by atoms with Gasteiger partial charge in [0, 0.05) is 5.92 Å². The second-order valence-electron chi connectivity index (χ2n) is 6.26. The lowest BCUT2D eigenvalue weighted by atomic mass is 9.88. The van der Waals surface area contributed by atoms with Crippen LogP contribution in [0.15, 0.2) is 0 Å². The largest absolute Gasteiger partial charge is 0.460 e. The van der Waals surface area contributed by atoms with E-state index in [-0.39, 0.29) is 35.9 Å². The van der Waals surface area contributed by atoms with Crippen LogP contribution in [0.3, 0.4) is 0 Å². The number of amides is 1. The number of ether oxygens (including phenoxy) is 1. The molecule has 4 atom stereocenters. The SMILES string of the molecule is CC(C)[C@@H]1CC([C@@H]2C[C@@H](C(C)C)C(=O)O2)NC1=O. The highest BCUT2D eigenvalue weighted by Crippen LogP contribution is 2.34. The topological polar surface area (TPSA) is 55.4 Å². The Hall–Kier alpha value is -1.06. The molecule has 2 rings (SSSR count). The monoisotopic (exact) mass is 253 g/mol. The molecule has 0 aromatic carbocycles. The number of esters is 1. The Morgan fingerprint density at radius 1 is 1.06 bits per heavy atom. The van der Waals surface area contributed by atoms with Gasteiger partial charge in [-0.1, -0.05) is 27.7 Å². The summed E-state index contributed by atoms with van der Waals surface area (Å²) in [6.07, 6.45) is 1.41. The fourth-order valence-corrected chi connectivity index (χ4v) is 2.97. The maximum absolute atomic E-state index is 11.8. The summed E-state index contributed by atoms with van der Waals surface area (Å²) >= 11 is 0. The van der Waals surface area contributed by atoms with Gasteiger partial charge in [0.2, 0.25) is 5.91 Å². The Labute approximate surface area is 108 Å². The van der Waals surface area contributed by atoms with E-state index < -0.39 is 0 Å². The van der Waals surface area contributed by atoms with Crippen LogP contribution in [0.2, 0.25) is 0 Å². The highest BCUT2D eigenvalue weighted by molar-refractivity contribution is 5.82. The molecule has 0 aliphatic carbocycles. The van der Waals surface area contributed by atoms with Crippen LogP contribution in [0, 0.1) is 23.7 Å². The Kier molecular flexibility index (Phi) is 3.64. The van der Waals surface area contributed by atoms with E-state index in [9.17, 15) is 9.59 Å². The van der Waals surface area contributed by atoms with Crippen LogP contribution in [0.1, 0.15) is 40.5 Å². The van der Waals surface area contributed by atoms with E-state index in [2.05, 4.69) is 19.2 Å². The first-order valence-electron chi connectivity index (χ1n) is 6.91. The predicted molar refractivity (Wildman–Crippen MR) is 67.7 cm³/mol. The van der Waals surface area contributed by atoms with Gasteiger partial charge in [0.15, 0.2) is 0 Å². The number of nitrogens with one attached hydrogen (secondary N) is 1. The standard InChI is InChI=1S/C14H23NO3/c1-7(2)9-5-11(15-13(9)16)12-6-10(8(3)4)14(17)18-12/h7-12H,5-6H2,1-4H3,(H,15,16)/t9-,10-,11?,12-/m0/s1. The summed E-state index contributed by atoms with van der Waals surface area (Å²) in [6, 6.07) is 0.0117. The number of hydrogen-bond donors (Lipinski definition) is 1. The van der Waals surface area contributed by atoms with Crippen molar-refractivity contribution in [1.29, 1.82) is 0 Å². The molecule has 2 aliphatic heterocycles. The Morgan fingerprint density at radius 3 is 2.11 bits per heavy atom. The molecule has 1 amide bonds. The van der Waals surface area contributed by atoms with E-state index >= 15 is 0 Å². The summed E-state index contributed by atoms with van der Waals surface area (Å²) in [5.74, 6) is 0.710. The van der Waals surface area contributed by atoms with Crippen LogP contribution in [0.5, 0.6) is 0 Å². The van der Waals surface area contributed by atoms with E-state index in [0.717, 1.165) is 12.8 Å². The van der Waals surface area contributed by atoms with Crippen molar-refractivity contribution in [2.45, 2.75) is 52.7 Å². The van der Waals surface area contributed by atoms with Gasteiger partial charge in [0.25, 0.3) is 0 Å². The van der Waals surface area contributed by atoms with Crippen molar-refractivity contribution in [2.24, 2.45) is 23.7 Å². The molecule has 2 aliphatic rings. The van der Waals surface area contributed by atoms with Crippen molar-refractivity contribution < 1.29 is 14.3 Å². The fraction of sp³-hybridized carbons (Fsp3) is 0.857. The van der Waals surface area contributed by atoms with E-state index in [0.29, 0.717) is 11.8 Å². The smallest absolute Gasteiger partial charge is 0.309 e. The molecule has 2 fully saturated rings. The molecule has 1 unspecified atom stereocenters. The van der Waals surface area contributed by atoms with Gasteiger partial charge in [-0.3, -0.25) is 9.59 Å². The van der Waals surface area contributed by atoms with E-state index in [4.69, 9.17) is 4.74 Å². The first-order valence-corrected chi connectivity index (χ1v) is 6.91. The average Bonchev–Trinajstić information content (AvgIpc) is 2.81. The molecule has 0 radical (unpaired) electrons. The number of rotatable bonds is 3. The predicted octanol–water partition coefficient (Wildman–Crippen LogP) is 1.73. The Morgan fingerprint density at radius 2 is 1.67 bits per heavy atom. The van der Waals surface area contributed by atoms with Crippen LogP contribution >= 0.6 is 0 Å². The molecular formula is C14H23NO3. The van der Waals surface area contributed by atoms with Crippen LogP contribution < -0.4 is 5.32 Å². The summed E-state index contributed by atoms with van der Waals surface area (Å²) < 4.78 is 5.44. The van der Waals surface area contributed by atoms with Crippen LogP contribution in [0.4, 0.5) is 0 Å². The summed E-state index contributed by atoms with van der Waals surface area (Å²) in [5.41, 5.74) is 0. The molecule has 102 valence electrons. The fourth-order valence-electron chi connectivity index (χ4n) is 2.97. The third-order valence-electron chi connectivity index (χ3n) is 4.29. The van der Waals surface area contributed by atoms with Crippen LogP contribution in [-0.4, -0.2) is 24.0 Å². The molecule has 0 aromatic heterocycles. The molecule has 0 aromatic rings. The summed E-state index contributed by atoms with van der Waals surface area (Å²) in [5, 5.41) is 2.99. The van der Waals surface area contributed by atoms with Crippen molar-refractivity contribution >= 4 is 11.9 Å². The van der Waals surface area contributed by atoms with Crippen molar-refractivity contribution in [2.75, 3.05) is 0 Å². The van der Waals surface area contributed by atoms with E-state index in [1.54, 1.807) is 0 Å². The Bertz CT molecular complexity index is 317. The summed E-state index contributed by atoms with van der Waals surface area (Å²) in [6.45, 7) is 8.20. The average molecular weight is 253 g/mol. The molecular weight excluding hydrogens is 230 g/mol. The normalized spacial score (nSPS) is 36.3. The molecule has 0 spiro atoms. The minimum Gasteiger partial charge on any atom is -0.460 e. The van der Waals surface area contributed by atoms with Crippen molar-refractivity contribution in [3.05, 3.63) is 0 Å². The van der Waals surface area contributed by atoms with E-state index in [1.165, 1.54) is 0 Å². The molecule has 4 heteroatoms. The Balaban J connectivity index is 1.99. The third kappa shape index (κ3) is 2.38. The number of carbonyl (C=O) groups excluding carboxylic acids is 2. The second kappa shape index (κ2) is 4.90. The maximum Gasteiger partial charge on any atom is 0.309 e. The maximum atomic E-state index is 11.8. The lowest BCUT2D eigenvalue weighted by Crippen LogP contribution is -2.36. The van der Waals surface area contributed by atoms with Gasteiger partial charge in [-0.2, -0.15) is 0 Å². The van der Waals surface area contributed by atoms with Gasteiger partial charge >= 0.3 is 5.97 Å². The molecule has 0 saturated carbocycles. The highest BCUT2D eigenvalue weighted by Gasteiger charge is 2.45. The molecule has 1 N–H and O–H groups in total. The second-order valence-corrected chi connectivity index (χ2v) is 6.26. The van der Waals surface area contributed by atoms with Gasteiger partial charge < -0.3 is 10.1 Å². The third-order valence-corrected chi connectivity index (χ3v) is 4.29. The van der Waals surface area contributed by atoms with Crippen molar-refractivity contribution in [3.8, 4) is 0 Å². The number of hydrogen-bond acceptors (Lipinski definition) is 3. The highest BCUT2D eigenvalue weighted by atomic mass is 16.6. The number of carbonyl (C=O) groups is 2. The van der Waals surface area contributed by atoms with Crippen LogP contribution in [0.25, 0.3) is 0 Å². The minimum absolute atomic E-state index is 0.00926. The van der Waals surface area contributed by atoms with Crippen molar-refractivity contribution in [3.63, 3.8) is 0 Å². The quantitative estimate of drug-likeness (QED) is 0.779. The van der Waals surface area contributed by atoms with Gasteiger partial charge in [0.1, 0.15) is 6.10 Å². The molecule has 2 saturated heterocycles. The summed E-state index contributed by atoms with van der Waals surface area (Å²) in [4.78, 5) is 23.6. The van der Waals surface area contributed by atoms with Gasteiger partial charge in [-0.15, -0.1) is 0 Å². The van der Waals surface area contributed by atoms with Gasteiger partial charge in [-0.25, -0.2) is 0 Å². The molecule has 4 nitrogen and oxygen atoms in total. The zero-order valence-electron chi connectivity index (χ0n) is 11.6. The van der Waals surface area contributed by atoms with Crippen LogP contribution in [-0.2, 0) is 14.3 Å². The first kappa shape index (κ1) is 13.4.